The number of carboxylic acid groups (broad SMARTS) is 1. The number of rotatable bonds is 13. The van der Waals surface area contributed by atoms with E-state index in [4.69, 9.17) is 25.4 Å². The Labute approximate surface area is 272 Å². The van der Waals surface area contributed by atoms with E-state index in [0.29, 0.717) is 30.2 Å². The molecule has 0 aliphatic rings. The molecule has 2 aromatic carbocycles. The van der Waals surface area contributed by atoms with E-state index in [-0.39, 0.29) is 22.7 Å². The van der Waals surface area contributed by atoms with Gasteiger partial charge in [-0.15, -0.1) is 11.3 Å². The van der Waals surface area contributed by atoms with Gasteiger partial charge in [-0.05, 0) is 74.4 Å². The number of hydrogen-bond donors (Lipinski definition) is 6. The van der Waals surface area contributed by atoms with Gasteiger partial charge in [-0.2, -0.15) is 13.2 Å². The number of nitrogens with two attached hydrogens (primary N) is 1. The van der Waals surface area contributed by atoms with Crippen LogP contribution in [-0.4, -0.2) is 74.5 Å². The molecule has 0 saturated carbocycles. The molecule has 0 aliphatic heterocycles. The Morgan fingerprint density at radius 3 is 2.19 bits per heavy atom. The highest BCUT2D eigenvalue weighted by atomic mass is 32.1. The lowest BCUT2D eigenvalue weighted by Gasteiger charge is -2.28. The molecule has 252 valence electrons. The number of hydrogen-bond acceptors (Lipinski definition) is 10. The first-order chi connectivity index (χ1) is 22.1. The van der Waals surface area contributed by atoms with E-state index in [0.717, 1.165) is 16.0 Å². The van der Waals surface area contributed by atoms with Crippen molar-refractivity contribution in [2.24, 2.45) is 5.73 Å². The topological polar surface area (TPSA) is 184 Å². The molecule has 1 atom stereocenters. The summed E-state index contributed by atoms with van der Waals surface area (Å²) in [5.41, 5.74) is 6.95. The summed E-state index contributed by atoms with van der Waals surface area (Å²) in [6, 6.07) is 21.5. The minimum absolute atomic E-state index is 0.0711. The molecule has 0 aliphatic carbocycles. The molecule has 0 unspecified atom stereocenters. The summed E-state index contributed by atoms with van der Waals surface area (Å²) in [6.45, 7) is 4.48. The van der Waals surface area contributed by atoms with Gasteiger partial charge in [0.25, 0.3) is 12.2 Å². The van der Waals surface area contributed by atoms with Crippen molar-refractivity contribution in [3.63, 3.8) is 0 Å². The molecule has 11 nitrogen and oxygen atoms in total. The van der Waals surface area contributed by atoms with Crippen LogP contribution >= 0.6 is 11.3 Å². The highest BCUT2D eigenvalue weighted by Gasteiger charge is 2.36. The molecule has 0 bridgehead atoms. The molecule has 2 aromatic heterocycles. The van der Waals surface area contributed by atoms with Crippen LogP contribution in [0.2, 0.25) is 0 Å². The zero-order valence-corrected chi connectivity index (χ0v) is 26.1. The molecule has 0 saturated heterocycles. The number of para-hydroxylation sites is 1. The number of carbonyl (C=O) groups is 2. The third kappa shape index (κ3) is 11.6. The molecule has 0 fully saturated rings. The highest BCUT2D eigenvalue weighted by Crippen LogP contribution is 2.35. The molecule has 15 heteroatoms. The predicted molar refractivity (Wildman–Crippen MR) is 168 cm³/mol. The number of carbonyl (C=O) groups excluding carboxylic acids is 1. The van der Waals surface area contributed by atoms with E-state index in [1.54, 1.807) is 30.3 Å². The van der Waals surface area contributed by atoms with Crippen LogP contribution in [-0.2, 0) is 6.42 Å². The zero-order chi connectivity index (χ0) is 34.8. The lowest BCUT2D eigenvalue weighted by molar-refractivity contribution is -0.275. The Morgan fingerprint density at radius 2 is 1.60 bits per heavy atom. The molecule has 47 heavy (non-hydrogen) atoms. The SMILES string of the molecule is CC(C)(Cc1ccc(Oc2cccnc2C(N)=O)cc1)NC[C@H](O)COc1ccccc1-c1ccc(C(=O)O)s1.OC(O)C(F)(F)F. The Kier molecular flexibility index (Phi) is 12.8. The third-order valence-electron chi connectivity index (χ3n) is 6.31. The number of primary amides is 1. The fourth-order valence-corrected chi connectivity index (χ4v) is 4.94. The minimum Gasteiger partial charge on any atom is -0.490 e. The zero-order valence-electron chi connectivity index (χ0n) is 25.3. The maximum atomic E-state index is 11.6. The van der Waals surface area contributed by atoms with Crippen LogP contribution in [0.4, 0.5) is 13.2 Å². The van der Waals surface area contributed by atoms with Crippen LogP contribution in [0.25, 0.3) is 10.4 Å². The number of benzene rings is 2. The van der Waals surface area contributed by atoms with E-state index in [9.17, 15) is 33.0 Å². The van der Waals surface area contributed by atoms with Gasteiger partial charge in [-0.3, -0.25) is 4.79 Å². The van der Waals surface area contributed by atoms with Crippen molar-refractivity contribution in [3.8, 4) is 27.7 Å². The predicted octanol–water partition coefficient (Wildman–Crippen LogP) is 4.61. The van der Waals surface area contributed by atoms with Gasteiger partial charge in [-0.25, -0.2) is 9.78 Å². The van der Waals surface area contributed by atoms with Crippen LogP contribution in [0.3, 0.4) is 0 Å². The minimum atomic E-state index is -4.89. The molecule has 7 N–H and O–H groups in total. The van der Waals surface area contributed by atoms with Crippen molar-refractivity contribution in [2.75, 3.05) is 13.2 Å². The smallest absolute Gasteiger partial charge is 0.439 e. The van der Waals surface area contributed by atoms with Crippen molar-refractivity contribution in [2.45, 2.75) is 44.4 Å². The van der Waals surface area contributed by atoms with Crippen molar-refractivity contribution in [3.05, 3.63) is 95.1 Å². The van der Waals surface area contributed by atoms with Gasteiger partial charge >= 0.3 is 12.1 Å². The number of thiophene rings is 1. The Balaban J connectivity index is 0.000000771. The number of β-amino-alcohol motifs (C(OH)–C–C–N with tert-alkyl or cyclic N) is 1. The number of pyridine rings is 1. The summed E-state index contributed by atoms with van der Waals surface area (Å²) in [4.78, 5) is 27.8. The summed E-state index contributed by atoms with van der Waals surface area (Å²) in [6.07, 6.45) is -6.68. The molecule has 0 radical (unpaired) electrons. The van der Waals surface area contributed by atoms with Gasteiger partial charge < -0.3 is 41.0 Å². The number of aromatic carboxylic acids is 1. The second kappa shape index (κ2) is 16.3. The standard InChI is InChI=1S/C30H31N3O6S.C2H3F3O2/c1-30(2,16-19-9-11-21(12-10-19)39-24-8-5-15-32-27(24)28(31)35)33-17-20(34)18-38-23-7-4-3-6-22(23)25-13-14-26(40-25)29(36)37;3-2(4,5)1(6)7/h3-15,20,33-34H,16-18H2,1-2H3,(H2,31,35)(H,36,37);1,6-7H/t20-;/m0./s1. The molecule has 2 heterocycles. The Hall–Kier alpha value is -4.54. The molecular weight excluding hydrogens is 643 g/mol. The lowest BCUT2D eigenvalue weighted by atomic mass is 9.94. The maximum absolute atomic E-state index is 11.6. The number of nitrogens with zero attached hydrogens (tertiary/aromatic N) is 1. The van der Waals surface area contributed by atoms with E-state index in [1.165, 1.54) is 17.5 Å². The van der Waals surface area contributed by atoms with Gasteiger partial charge in [0.1, 0.15) is 29.1 Å². The number of aliphatic hydroxyl groups is 3. The first-order valence-corrected chi connectivity index (χ1v) is 14.8. The van der Waals surface area contributed by atoms with Crippen LogP contribution < -0.4 is 20.5 Å². The van der Waals surface area contributed by atoms with Crippen LogP contribution in [0.15, 0.2) is 79.0 Å². The molecule has 0 spiro atoms. The van der Waals surface area contributed by atoms with Crippen molar-refractivity contribution < 1.29 is 52.7 Å². The number of ether oxygens (including phenoxy) is 2. The summed E-state index contributed by atoms with van der Waals surface area (Å²) in [5.74, 6) is -0.194. The second-order valence-electron chi connectivity index (χ2n) is 10.7. The van der Waals surface area contributed by atoms with Crippen LogP contribution in [0.1, 0.15) is 39.6 Å². The monoisotopic (exact) mass is 677 g/mol. The number of aliphatic hydroxyl groups excluding tert-OH is 2. The van der Waals surface area contributed by atoms with E-state index in [1.807, 2.05) is 56.3 Å². The van der Waals surface area contributed by atoms with Gasteiger partial charge in [0.2, 0.25) is 0 Å². The second-order valence-corrected chi connectivity index (χ2v) is 11.8. The Bertz CT molecular complexity index is 1630. The normalized spacial score (nSPS) is 12.2. The van der Waals surface area contributed by atoms with E-state index >= 15 is 0 Å². The van der Waals surface area contributed by atoms with E-state index in [2.05, 4.69) is 10.3 Å². The number of amides is 1. The quantitative estimate of drug-likeness (QED) is 0.109. The summed E-state index contributed by atoms with van der Waals surface area (Å²) >= 11 is 1.18. The highest BCUT2D eigenvalue weighted by molar-refractivity contribution is 7.17. The lowest BCUT2D eigenvalue weighted by Crippen LogP contribution is -2.46. The average Bonchev–Trinajstić information content (AvgIpc) is 3.51. The first-order valence-electron chi connectivity index (χ1n) is 14.0. The summed E-state index contributed by atoms with van der Waals surface area (Å²) in [7, 11) is 0. The van der Waals surface area contributed by atoms with Crippen LogP contribution in [0, 0.1) is 0 Å². The number of aromatic nitrogens is 1. The average molecular weight is 678 g/mol. The van der Waals surface area contributed by atoms with Gasteiger partial charge in [-0.1, -0.05) is 24.3 Å². The van der Waals surface area contributed by atoms with Gasteiger partial charge in [0.05, 0.1) is 0 Å². The number of nitrogens with one attached hydrogen (secondary N) is 1. The largest absolute Gasteiger partial charge is 0.490 e. The van der Waals surface area contributed by atoms with Crippen molar-refractivity contribution >= 4 is 23.2 Å². The fraction of sp³-hybridized carbons (Fsp3) is 0.281. The molecule has 4 aromatic rings. The van der Waals surface area contributed by atoms with Crippen molar-refractivity contribution in [1.29, 1.82) is 0 Å². The number of alkyl halides is 3. The van der Waals surface area contributed by atoms with Gasteiger partial charge in [0, 0.05) is 28.7 Å². The summed E-state index contributed by atoms with van der Waals surface area (Å²) < 4.78 is 43.7. The van der Waals surface area contributed by atoms with E-state index < -0.39 is 30.4 Å². The maximum Gasteiger partial charge on any atom is 0.439 e. The number of carboxylic acids is 1. The van der Waals surface area contributed by atoms with Gasteiger partial charge in [0.15, 0.2) is 11.4 Å². The fourth-order valence-electron chi connectivity index (χ4n) is 4.07. The molecule has 4 rings (SSSR count). The first kappa shape index (κ1) is 36.9. The van der Waals surface area contributed by atoms with Crippen molar-refractivity contribution in [1.82, 2.24) is 10.3 Å². The summed E-state index contributed by atoms with van der Waals surface area (Å²) in [5, 5.41) is 37.9. The number of halogens is 3. The molecular formula is C32H34F3N3O8S. The third-order valence-corrected chi connectivity index (χ3v) is 7.42. The Morgan fingerprint density at radius 1 is 0.957 bits per heavy atom. The molecule has 1 amide bonds. The van der Waals surface area contributed by atoms with Crippen LogP contribution in [0.5, 0.6) is 17.2 Å².